The Morgan fingerprint density at radius 1 is 1.05 bits per heavy atom. The van der Waals surface area contributed by atoms with Gasteiger partial charge in [-0.3, -0.25) is 9.59 Å². The summed E-state index contributed by atoms with van der Waals surface area (Å²) in [5.74, 6) is -1.13. The van der Waals surface area contributed by atoms with Crippen LogP contribution in [0.25, 0.3) is 6.08 Å². The summed E-state index contributed by atoms with van der Waals surface area (Å²) in [4.78, 5) is 23.4. The molecule has 0 atom stereocenters. The SMILES string of the molecule is O=C(/C=C/c1cccc(Br)c1)C(=O)NCCc1ccccc1. The highest BCUT2D eigenvalue weighted by molar-refractivity contribution is 9.10. The molecule has 0 saturated carbocycles. The topological polar surface area (TPSA) is 46.2 Å². The predicted octanol–water partition coefficient (Wildman–Crippen LogP) is 3.39. The first-order valence-corrected chi connectivity index (χ1v) is 7.74. The molecule has 0 aliphatic heterocycles. The van der Waals surface area contributed by atoms with Crippen LogP contribution in [0.4, 0.5) is 0 Å². The molecule has 0 aliphatic rings. The minimum Gasteiger partial charge on any atom is -0.349 e. The van der Waals surface area contributed by atoms with Crippen LogP contribution in [0.15, 0.2) is 65.1 Å². The van der Waals surface area contributed by atoms with Crippen LogP contribution < -0.4 is 5.32 Å². The summed E-state index contributed by atoms with van der Waals surface area (Å²) in [6.45, 7) is 0.444. The van der Waals surface area contributed by atoms with Crippen molar-refractivity contribution in [3.05, 3.63) is 76.3 Å². The van der Waals surface area contributed by atoms with Crippen LogP contribution in [0.5, 0.6) is 0 Å². The second kappa shape index (κ2) is 8.29. The molecule has 22 heavy (non-hydrogen) atoms. The molecule has 0 bridgehead atoms. The van der Waals surface area contributed by atoms with Gasteiger partial charge < -0.3 is 5.32 Å². The van der Waals surface area contributed by atoms with Gasteiger partial charge in [0, 0.05) is 11.0 Å². The molecule has 4 heteroatoms. The van der Waals surface area contributed by atoms with E-state index in [1.165, 1.54) is 6.08 Å². The van der Waals surface area contributed by atoms with Crippen LogP contribution in [0.2, 0.25) is 0 Å². The summed E-state index contributed by atoms with van der Waals surface area (Å²) >= 11 is 3.36. The van der Waals surface area contributed by atoms with E-state index >= 15 is 0 Å². The monoisotopic (exact) mass is 357 g/mol. The molecule has 1 amide bonds. The van der Waals surface area contributed by atoms with Crippen LogP contribution in [-0.2, 0) is 16.0 Å². The van der Waals surface area contributed by atoms with Gasteiger partial charge in [0.1, 0.15) is 0 Å². The summed E-state index contributed by atoms with van der Waals surface area (Å²) in [5.41, 5.74) is 1.99. The van der Waals surface area contributed by atoms with Crippen molar-refractivity contribution in [1.29, 1.82) is 0 Å². The molecule has 1 N–H and O–H groups in total. The summed E-state index contributed by atoms with van der Waals surface area (Å²) in [6, 6.07) is 17.3. The smallest absolute Gasteiger partial charge is 0.291 e. The highest BCUT2D eigenvalue weighted by atomic mass is 79.9. The number of benzene rings is 2. The first-order chi connectivity index (χ1) is 10.6. The molecule has 112 valence electrons. The van der Waals surface area contributed by atoms with Crippen LogP contribution in [0, 0.1) is 0 Å². The largest absolute Gasteiger partial charge is 0.349 e. The quantitative estimate of drug-likeness (QED) is 0.636. The van der Waals surface area contributed by atoms with E-state index in [1.807, 2.05) is 54.6 Å². The number of halogens is 1. The van der Waals surface area contributed by atoms with E-state index in [4.69, 9.17) is 0 Å². The first-order valence-electron chi connectivity index (χ1n) is 6.95. The molecule has 2 rings (SSSR count). The fourth-order valence-corrected chi connectivity index (χ4v) is 2.33. The fourth-order valence-electron chi connectivity index (χ4n) is 1.91. The average molecular weight is 358 g/mol. The zero-order valence-corrected chi connectivity index (χ0v) is 13.5. The molecule has 3 nitrogen and oxygen atoms in total. The third kappa shape index (κ3) is 5.30. The van der Waals surface area contributed by atoms with Gasteiger partial charge in [-0.15, -0.1) is 0 Å². The second-order valence-electron chi connectivity index (χ2n) is 4.74. The normalized spacial score (nSPS) is 10.6. The number of hydrogen-bond donors (Lipinski definition) is 1. The molecular weight excluding hydrogens is 342 g/mol. The maximum Gasteiger partial charge on any atom is 0.291 e. The van der Waals surface area contributed by atoms with Crippen molar-refractivity contribution in [1.82, 2.24) is 5.32 Å². The van der Waals surface area contributed by atoms with Crippen molar-refractivity contribution in [2.24, 2.45) is 0 Å². The lowest BCUT2D eigenvalue weighted by Crippen LogP contribution is -2.31. The fraction of sp³-hybridized carbons (Fsp3) is 0.111. The van der Waals surface area contributed by atoms with Crippen molar-refractivity contribution in [3.63, 3.8) is 0 Å². The van der Waals surface area contributed by atoms with Crippen molar-refractivity contribution in [2.45, 2.75) is 6.42 Å². The van der Waals surface area contributed by atoms with Gasteiger partial charge in [0.25, 0.3) is 5.91 Å². The molecule has 0 heterocycles. The molecule has 0 radical (unpaired) electrons. The van der Waals surface area contributed by atoms with Gasteiger partial charge in [0.05, 0.1) is 0 Å². The molecule has 0 fully saturated rings. The number of carbonyl (C=O) groups excluding carboxylic acids is 2. The van der Waals surface area contributed by atoms with Crippen molar-refractivity contribution in [3.8, 4) is 0 Å². The third-order valence-electron chi connectivity index (χ3n) is 3.04. The van der Waals surface area contributed by atoms with E-state index in [0.29, 0.717) is 13.0 Å². The van der Waals surface area contributed by atoms with Crippen LogP contribution in [-0.4, -0.2) is 18.2 Å². The molecule has 0 spiro atoms. The Kier molecular flexibility index (Phi) is 6.10. The van der Waals surface area contributed by atoms with E-state index in [0.717, 1.165) is 15.6 Å². The Labute approximate surface area is 138 Å². The summed E-state index contributed by atoms with van der Waals surface area (Å²) in [6.07, 6.45) is 3.62. The van der Waals surface area contributed by atoms with E-state index < -0.39 is 11.7 Å². The highest BCUT2D eigenvalue weighted by Gasteiger charge is 2.08. The Morgan fingerprint density at radius 2 is 1.82 bits per heavy atom. The lowest BCUT2D eigenvalue weighted by atomic mass is 10.1. The summed E-state index contributed by atoms with van der Waals surface area (Å²) < 4.78 is 0.925. The molecule has 0 aromatic heterocycles. The van der Waals surface area contributed by atoms with Crippen molar-refractivity contribution >= 4 is 33.7 Å². The summed E-state index contributed by atoms with van der Waals surface area (Å²) in [7, 11) is 0. The van der Waals surface area contributed by atoms with E-state index in [2.05, 4.69) is 21.2 Å². The maximum absolute atomic E-state index is 11.7. The van der Waals surface area contributed by atoms with Gasteiger partial charge in [-0.2, -0.15) is 0 Å². The molecule has 2 aromatic rings. The third-order valence-corrected chi connectivity index (χ3v) is 3.53. The molecular formula is C18H16BrNO2. The number of amides is 1. The lowest BCUT2D eigenvalue weighted by molar-refractivity contribution is -0.135. The van der Waals surface area contributed by atoms with Gasteiger partial charge >= 0.3 is 0 Å². The number of nitrogens with one attached hydrogen (secondary N) is 1. The lowest BCUT2D eigenvalue weighted by Gasteiger charge is -2.03. The standard InChI is InChI=1S/C18H16BrNO2/c19-16-8-4-7-15(13-16)9-10-17(21)18(22)20-12-11-14-5-2-1-3-6-14/h1-10,13H,11-12H2,(H,20,22)/b10-9+. The highest BCUT2D eigenvalue weighted by Crippen LogP contribution is 2.12. The van der Waals surface area contributed by atoms with Crippen LogP contribution in [0.3, 0.4) is 0 Å². The minimum atomic E-state index is -0.581. The second-order valence-corrected chi connectivity index (χ2v) is 5.66. The van der Waals surface area contributed by atoms with Gasteiger partial charge in [0.2, 0.25) is 5.78 Å². The Hall–Kier alpha value is -2.20. The number of ketones is 1. The zero-order chi connectivity index (χ0) is 15.8. The molecule has 0 aliphatic carbocycles. The first kappa shape index (κ1) is 16.2. The predicted molar refractivity (Wildman–Crippen MR) is 91.3 cm³/mol. The molecule has 2 aromatic carbocycles. The minimum absolute atomic E-state index is 0.444. The van der Waals surface area contributed by atoms with Crippen molar-refractivity contribution in [2.75, 3.05) is 6.54 Å². The van der Waals surface area contributed by atoms with E-state index in [9.17, 15) is 9.59 Å². The Balaban J connectivity index is 1.81. The average Bonchev–Trinajstić information content (AvgIpc) is 2.53. The molecule has 0 saturated heterocycles. The van der Waals surface area contributed by atoms with Gasteiger partial charge in [0.15, 0.2) is 0 Å². The zero-order valence-electron chi connectivity index (χ0n) is 12.0. The molecule has 0 unspecified atom stereocenters. The van der Waals surface area contributed by atoms with Gasteiger partial charge in [-0.05, 0) is 35.8 Å². The Morgan fingerprint density at radius 3 is 2.55 bits per heavy atom. The maximum atomic E-state index is 11.7. The van der Waals surface area contributed by atoms with Gasteiger partial charge in [-0.25, -0.2) is 0 Å². The van der Waals surface area contributed by atoms with E-state index in [-0.39, 0.29) is 0 Å². The van der Waals surface area contributed by atoms with Crippen LogP contribution in [0.1, 0.15) is 11.1 Å². The van der Waals surface area contributed by atoms with E-state index in [1.54, 1.807) is 6.08 Å². The van der Waals surface area contributed by atoms with Crippen molar-refractivity contribution < 1.29 is 9.59 Å². The Bertz CT molecular complexity index is 680. The van der Waals surface area contributed by atoms with Crippen LogP contribution >= 0.6 is 15.9 Å². The summed E-state index contributed by atoms with van der Waals surface area (Å²) in [5, 5.41) is 2.63. The van der Waals surface area contributed by atoms with Gasteiger partial charge in [-0.1, -0.05) is 64.5 Å². The number of carbonyl (C=O) groups is 2. The number of hydrogen-bond acceptors (Lipinski definition) is 2. The number of rotatable bonds is 6.